The van der Waals surface area contributed by atoms with E-state index >= 15 is 0 Å². The van der Waals surface area contributed by atoms with E-state index < -0.39 is 0 Å². The maximum absolute atomic E-state index is 11.9. The summed E-state index contributed by atoms with van der Waals surface area (Å²) in [4.78, 5) is 23.0. The number of aromatic amines is 1. The lowest BCUT2D eigenvalue weighted by molar-refractivity contribution is 0.475. The van der Waals surface area contributed by atoms with Gasteiger partial charge in [0.1, 0.15) is 11.4 Å². The molecule has 0 aliphatic heterocycles. The molecule has 0 amide bonds. The maximum atomic E-state index is 11.9. The Morgan fingerprint density at radius 1 is 1.10 bits per heavy atom. The minimum absolute atomic E-state index is 0.172. The Kier molecular flexibility index (Phi) is 3.01. The van der Waals surface area contributed by atoms with Gasteiger partial charge in [-0.3, -0.25) is 9.79 Å². The van der Waals surface area contributed by atoms with Gasteiger partial charge in [-0.25, -0.2) is 4.98 Å². The fourth-order valence-corrected chi connectivity index (χ4v) is 1.81. The molecular weight excluding hydrogens is 254 g/mol. The fourth-order valence-electron chi connectivity index (χ4n) is 1.81. The molecule has 0 atom stereocenters. The predicted molar refractivity (Wildman–Crippen MR) is 77.7 cm³/mol. The highest BCUT2D eigenvalue weighted by Crippen LogP contribution is 2.16. The van der Waals surface area contributed by atoms with Gasteiger partial charge in [0, 0.05) is 0 Å². The predicted octanol–water partition coefficient (Wildman–Crippen LogP) is 2.38. The van der Waals surface area contributed by atoms with Gasteiger partial charge in [-0.05, 0) is 36.4 Å². The number of nitrogens with zero attached hydrogens (tertiary/aromatic N) is 2. The zero-order valence-corrected chi connectivity index (χ0v) is 10.4. The zero-order valence-electron chi connectivity index (χ0n) is 10.4. The lowest BCUT2D eigenvalue weighted by Gasteiger charge is -1.98. The Morgan fingerprint density at radius 2 is 1.85 bits per heavy atom. The van der Waals surface area contributed by atoms with E-state index in [4.69, 9.17) is 0 Å². The van der Waals surface area contributed by atoms with Crippen molar-refractivity contribution in [3.8, 4) is 5.75 Å². The molecule has 0 radical (unpaired) electrons. The quantitative estimate of drug-likeness (QED) is 0.698. The molecule has 98 valence electrons. The molecule has 0 aliphatic carbocycles. The normalized spacial score (nSPS) is 11.2. The molecule has 2 aromatic carbocycles. The number of nitrogens with one attached hydrogen (secondary N) is 1. The number of benzene rings is 2. The van der Waals surface area contributed by atoms with Gasteiger partial charge in [-0.2, -0.15) is 0 Å². The van der Waals surface area contributed by atoms with Crippen LogP contribution in [0.1, 0.15) is 5.69 Å². The van der Waals surface area contributed by atoms with Crippen LogP contribution in [0.5, 0.6) is 5.75 Å². The second-order valence-electron chi connectivity index (χ2n) is 4.24. The average Bonchev–Trinajstić information content (AvgIpc) is 2.47. The number of phenols is 1. The van der Waals surface area contributed by atoms with Crippen molar-refractivity contribution in [1.82, 2.24) is 9.97 Å². The minimum atomic E-state index is -0.286. The first kappa shape index (κ1) is 12.1. The maximum Gasteiger partial charge on any atom is 0.275 e. The minimum Gasteiger partial charge on any atom is -0.508 e. The number of hydrogen-bond donors (Lipinski definition) is 2. The van der Waals surface area contributed by atoms with E-state index in [2.05, 4.69) is 15.0 Å². The summed E-state index contributed by atoms with van der Waals surface area (Å²) >= 11 is 0. The summed E-state index contributed by atoms with van der Waals surface area (Å²) in [7, 11) is 0. The molecule has 20 heavy (non-hydrogen) atoms. The molecular formula is C15H11N3O2. The number of fused-ring (bicyclic) bond motifs is 1. The Hall–Kier alpha value is -2.95. The summed E-state index contributed by atoms with van der Waals surface area (Å²) in [6.07, 6.45) is 1.41. The van der Waals surface area contributed by atoms with Crippen LogP contribution in [0, 0.1) is 0 Å². The van der Waals surface area contributed by atoms with Crippen LogP contribution in [0.25, 0.3) is 11.0 Å². The van der Waals surface area contributed by atoms with Gasteiger partial charge in [0.2, 0.25) is 0 Å². The molecule has 5 nitrogen and oxygen atoms in total. The third-order valence-corrected chi connectivity index (χ3v) is 2.81. The third kappa shape index (κ3) is 2.42. The molecule has 5 heteroatoms. The lowest BCUT2D eigenvalue weighted by Crippen LogP contribution is -2.14. The van der Waals surface area contributed by atoms with Gasteiger partial charge in [0.25, 0.3) is 5.56 Å². The van der Waals surface area contributed by atoms with Crippen molar-refractivity contribution >= 4 is 22.9 Å². The molecule has 0 saturated heterocycles. The van der Waals surface area contributed by atoms with Crippen molar-refractivity contribution in [2.75, 3.05) is 0 Å². The van der Waals surface area contributed by atoms with Crippen molar-refractivity contribution in [3.63, 3.8) is 0 Å². The number of aliphatic imine (C=N–C) groups is 1. The number of aromatic nitrogens is 2. The Morgan fingerprint density at radius 3 is 2.65 bits per heavy atom. The first-order chi connectivity index (χ1) is 9.72. The molecule has 1 aromatic heterocycles. The number of phenolic OH excluding ortho intramolecular Hbond substituents is 1. The van der Waals surface area contributed by atoms with Crippen molar-refractivity contribution in [2.24, 2.45) is 4.99 Å². The van der Waals surface area contributed by atoms with Crippen LogP contribution in [-0.2, 0) is 0 Å². The number of H-pyrrole nitrogens is 1. The standard InChI is InChI=1S/C15H11N3O2/c19-11-7-5-10(6-8-11)16-9-14-15(20)18-13-4-2-1-3-12(13)17-14/h1-9,19H,(H,18,20). The van der Waals surface area contributed by atoms with Crippen LogP contribution in [0.15, 0.2) is 58.3 Å². The summed E-state index contributed by atoms with van der Waals surface area (Å²) in [6, 6.07) is 13.7. The van der Waals surface area contributed by atoms with E-state index in [1.54, 1.807) is 18.2 Å². The molecule has 0 saturated carbocycles. The van der Waals surface area contributed by atoms with Crippen LogP contribution < -0.4 is 5.56 Å². The van der Waals surface area contributed by atoms with Crippen LogP contribution in [0.2, 0.25) is 0 Å². The van der Waals surface area contributed by atoms with E-state index in [1.807, 2.05) is 18.2 Å². The second kappa shape index (κ2) is 4.97. The zero-order chi connectivity index (χ0) is 13.9. The van der Waals surface area contributed by atoms with Crippen molar-refractivity contribution in [1.29, 1.82) is 0 Å². The monoisotopic (exact) mass is 265 g/mol. The summed E-state index contributed by atoms with van der Waals surface area (Å²) in [6.45, 7) is 0. The SMILES string of the molecule is O=c1[nH]c2ccccc2nc1C=Nc1ccc(O)cc1. The van der Waals surface area contributed by atoms with Gasteiger partial charge in [0.05, 0.1) is 22.9 Å². The molecule has 0 fully saturated rings. The second-order valence-corrected chi connectivity index (χ2v) is 4.24. The van der Waals surface area contributed by atoms with E-state index in [0.717, 1.165) is 0 Å². The number of aromatic hydroxyl groups is 1. The highest BCUT2D eigenvalue weighted by atomic mass is 16.3. The molecule has 3 rings (SSSR count). The van der Waals surface area contributed by atoms with E-state index in [9.17, 15) is 9.90 Å². The molecule has 1 heterocycles. The molecule has 0 bridgehead atoms. The highest BCUT2D eigenvalue weighted by Gasteiger charge is 2.01. The largest absolute Gasteiger partial charge is 0.508 e. The van der Waals surface area contributed by atoms with Gasteiger partial charge in [0.15, 0.2) is 0 Å². The van der Waals surface area contributed by atoms with Gasteiger partial charge in [-0.15, -0.1) is 0 Å². The Balaban J connectivity index is 2.00. The first-order valence-electron chi connectivity index (χ1n) is 6.04. The number of rotatable bonds is 2. The van der Waals surface area contributed by atoms with Crippen LogP contribution in [0.3, 0.4) is 0 Å². The van der Waals surface area contributed by atoms with Crippen molar-refractivity contribution in [3.05, 3.63) is 64.6 Å². The molecule has 3 aromatic rings. The first-order valence-corrected chi connectivity index (χ1v) is 6.04. The van der Waals surface area contributed by atoms with E-state index in [-0.39, 0.29) is 17.0 Å². The third-order valence-electron chi connectivity index (χ3n) is 2.81. The van der Waals surface area contributed by atoms with Gasteiger partial charge < -0.3 is 10.1 Å². The van der Waals surface area contributed by atoms with Crippen LogP contribution in [0.4, 0.5) is 5.69 Å². The Labute approximate surface area is 114 Å². The highest BCUT2D eigenvalue weighted by molar-refractivity contribution is 5.83. The van der Waals surface area contributed by atoms with E-state index in [1.165, 1.54) is 18.3 Å². The van der Waals surface area contributed by atoms with Crippen LogP contribution in [-0.4, -0.2) is 21.3 Å². The average molecular weight is 265 g/mol. The van der Waals surface area contributed by atoms with Gasteiger partial charge in [-0.1, -0.05) is 12.1 Å². The molecule has 0 aliphatic rings. The Bertz CT molecular complexity index is 836. The molecule has 2 N–H and O–H groups in total. The topological polar surface area (TPSA) is 78.3 Å². The molecule has 0 spiro atoms. The fraction of sp³-hybridized carbons (Fsp3) is 0. The van der Waals surface area contributed by atoms with Gasteiger partial charge >= 0.3 is 0 Å². The van der Waals surface area contributed by atoms with Crippen molar-refractivity contribution < 1.29 is 5.11 Å². The smallest absolute Gasteiger partial charge is 0.275 e. The number of hydrogen-bond acceptors (Lipinski definition) is 4. The summed E-state index contributed by atoms with van der Waals surface area (Å²) in [5.74, 6) is 0.172. The summed E-state index contributed by atoms with van der Waals surface area (Å²) in [5.41, 5.74) is 2.00. The lowest BCUT2D eigenvalue weighted by atomic mass is 10.3. The van der Waals surface area contributed by atoms with Crippen molar-refractivity contribution in [2.45, 2.75) is 0 Å². The summed E-state index contributed by atoms with van der Waals surface area (Å²) < 4.78 is 0. The summed E-state index contributed by atoms with van der Waals surface area (Å²) in [5, 5.41) is 9.19. The van der Waals surface area contributed by atoms with E-state index in [0.29, 0.717) is 16.7 Å². The molecule has 0 unspecified atom stereocenters. The number of para-hydroxylation sites is 2. The van der Waals surface area contributed by atoms with Crippen LogP contribution >= 0.6 is 0 Å².